The summed E-state index contributed by atoms with van der Waals surface area (Å²) in [6.45, 7) is 2.72. The molecule has 0 bridgehead atoms. The Bertz CT molecular complexity index is 307. The fourth-order valence-corrected chi connectivity index (χ4v) is 1.99. The normalized spacial score (nSPS) is 20.4. The van der Waals surface area contributed by atoms with E-state index in [4.69, 9.17) is 4.74 Å². The van der Waals surface area contributed by atoms with Gasteiger partial charge < -0.3 is 10.1 Å². The molecule has 0 amide bonds. The first-order valence-corrected chi connectivity index (χ1v) is 6.01. The number of hydrogen-bond acceptors (Lipinski definition) is 4. The largest absolute Gasteiger partial charge is 0.378 e. The van der Waals surface area contributed by atoms with Gasteiger partial charge in [-0.25, -0.2) is 4.98 Å². The van der Waals surface area contributed by atoms with E-state index in [1.807, 2.05) is 7.05 Å². The van der Waals surface area contributed by atoms with Gasteiger partial charge in [-0.15, -0.1) is 0 Å². The fraction of sp³-hybridized carbons (Fsp3) is 0.818. The van der Waals surface area contributed by atoms with E-state index in [2.05, 4.69) is 15.4 Å². The van der Waals surface area contributed by atoms with Gasteiger partial charge in [0.2, 0.25) is 0 Å². The molecule has 0 radical (unpaired) electrons. The quantitative estimate of drug-likeness (QED) is 0.728. The summed E-state index contributed by atoms with van der Waals surface area (Å²) < 4.78 is 7.29. The van der Waals surface area contributed by atoms with E-state index in [9.17, 15) is 0 Å². The van der Waals surface area contributed by atoms with Crippen molar-refractivity contribution in [3.8, 4) is 0 Å². The zero-order chi connectivity index (χ0) is 11.2. The van der Waals surface area contributed by atoms with Crippen LogP contribution in [0.4, 0.5) is 0 Å². The van der Waals surface area contributed by atoms with Crippen molar-refractivity contribution in [3.05, 3.63) is 12.2 Å². The fourth-order valence-electron chi connectivity index (χ4n) is 1.99. The van der Waals surface area contributed by atoms with Crippen molar-refractivity contribution >= 4 is 0 Å². The Morgan fingerprint density at radius 2 is 2.56 bits per heavy atom. The molecule has 1 fully saturated rings. The van der Waals surface area contributed by atoms with Crippen LogP contribution in [0.2, 0.25) is 0 Å². The number of hydrogen-bond donors (Lipinski definition) is 1. The second-order valence-corrected chi connectivity index (χ2v) is 4.29. The molecule has 1 atom stereocenters. The summed E-state index contributed by atoms with van der Waals surface area (Å²) >= 11 is 0. The second-order valence-electron chi connectivity index (χ2n) is 4.29. The molecule has 1 aromatic rings. The van der Waals surface area contributed by atoms with E-state index < -0.39 is 0 Å². The number of rotatable bonds is 6. The van der Waals surface area contributed by atoms with Gasteiger partial charge in [0.05, 0.1) is 12.6 Å². The van der Waals surface area contributed by atoms with Crippen LogP contribution in [0.15, 0.2) is 6.33 Å². The van der Waals surface area contributed by atoms with Crippen LogP contribution < -0.4 is 5.32 Å². The molecule has 16 heavy (non-hydrogen) atoms. The van der Waals surface area contributed by atoms with E-state index in [-0.39, 0.29) is 0 Å². The van der Waals surface area contributed by atoms with Crippen LogP contribution in [-0.2, 0) is 18.3 Å². The van der Waals surface area contributed by atoms with Crippen LogP contribution in [0, 0.1) is 0 Å². The van der Waals surface area contributed by atoms with Crippen molar-refractivity contribution in [2.45, 2.75) is 38.3 Å². The number of ether oxygens (including phenoxy) is 1. The average molecular weight is 224 g/mol. The van der Waals surface area contributed by atoms with E-state index in [0.29, 0.717) is 6.10 Å². The first kappa shape index (κ1) is 11.5. The molecule has 1 aromatic heterocycles. The lowest BCUT2D eigenvalue weighted by Gasteiger charge is -2.08. The molecule has 0 spiro atoms. The van der Waals surface area contributed by atoms with Crippen molar-refractivity contribution in [2.24, 2.45) is 7.05 Å². The molecule has 0 aromatic carbocycles. The summed E-state index contributed by atoms with van der Waals surface area (Å²) in [5.41, 5.74) is 0. The number of aromatic nitrogens is 3. The first-order valence-electron chi connectivity index (χ1n) is 6.01. The maximum absolute atomic E-state index is 5.57. The van der Waals surface area contributed by atoms with Gasteiger partial charge in [0.25, 0.3) is 0 Å². The molecule has 90 valence electrons. The van der Waals surface area contributed by atoms with E-state index in [0.717, 1.165) is 31.9 Å². The van der Waals surface area contributed by atoms with Crippen molar-refractivity contribution < 1.29 is 4.74 Å². The van der Waals surface area contributed by atoms with Crippen LogP contribution >= 0.6 is 0 Å². The first-order chi connectivity index (χ1) is 7.84. The van der Waals surface area contributed by atoms with Gasteiger partial charge >= 0.3 is 0 Å². The van der Waals surface area contributed by atoms with Gasteiger partial charge in [-0.1, -0.05) is 0 Å². The summed E-state index contributed by atoms with van der Waals surface area (Å²) in [4.78, 5) is 4.16. The lowest BCUT2D eigenvalue weighted by molar-refractivity contribution is 0.102. The van der Waals surface area contributed by atoms with Gasteiger partial charge in [0.1, 0.15) is 6.33 Å². The minimum absolute atomic E-state index is 0.509. The summed E-state index contributed by atoms with van der Waals surface area (Å²) in [6.07, 6.45) is 7.04. The van der Waals surface area contributed by atoms with Gasteiger partial charge in [0, 0.05) is 13.7 Å². The van der Waals surface area contributed by atoms with Gasteiger partial charge in [-0.2, -0.15) is 5.10 Å². The third kappa shape index (κ3) is 3.57. The number of nitrogens with one attached hydrogen (secondary N) is 1. The average Bonchev–Trinajstić information content (AvgIpc) is 2.89. The number of aryl methyl sites for hydroxylation is 1. The zero-order valence-corrected chi connectivity index (χ0v) is 9.85. The Morgan fingerprint density at radius 3 is 3.25 bits per heavy atom. The molecule has 5 nitrogen and oxygen atoms in total. The highest BCUT2D eigenvalue weighted by Crippen LogP contribution is 2.16. The van der Waals surface area contributed by atoms with Crippen LogP contribution in [-0.4, -0.2) is 34.0 Å². The molecule has 5 heteroatoms. The molecule has 2 heterocycles. The summed E-state index contributed by atoms with van der Waals surface area (Å²) in [7, 11) is 1.88. The summed E-state index contributed by atoms with van der Waals surface area (Å²) in [5, 5.41) is 7.55. The Morgan fingerprint density at radius 1 is 1.62 bits per heavy atom. The molecule has 0 aliphatic carbocycles. The molecule has 0 saturated carbocycles. The molecule has 1 aliphatic rings. The molecule has 1 saturated heterocycles. The minimum atomic E-state index is 0.509. The van der Waals surface area contributed by atoms with Crippen LogP contribution in [0.1, 0.15) is 31.5 Å². The van der Waals surface area contributed by atoms with Crippen LogP contribution in [0.25, 0.3) is 0 Å². The summed E-state index contributed by atoms with van der Waals surface area (Å²) in [6, 6.07) is 0. The maximum atomic E-state index is 5.57. The zero-order valence-electron chi connectivity index (χ0n) is 9.85. The van der Waals surface area contributed by atoms with E-state index in [1.54, 1.807) is 11.0 Å². The Labute approximate surface area is 96.2 Å². The Kier molecular flexibility index (Phi) is 4.30. The van der Waals surface area contributed by atoms with Crippen LogP contribution in [0.3, 0.4) is 0 Å². The van der Waals surface area contributed by atoms with Gasteiger partial charge in [0.15, 0.2) is 5.82 Å². The topological polar surface area (TPSA) is 52.0 Å². The molecule has 1 N–H and O–H groups in total. The Hall–Kier alpha value is -0.940. The molecule has 1 unspecified atom stereocenters. The standard InChI is InChI=1S/C11H20N4O/c1-15-9-13-11(14-15)8-12-6-2-4-10-5-3-7-16-10/h9-10,12H,2-8H2,1H3. The highest BCUT2D eigenvalue weighted by Gasteiger charge is 2.14. The molecule has 2 rings (SSSR count). The number of nitrogens with zero attached hydrogens (tertiary/aromatic N) is 3. The maximum Gasteiger partial charge on any atom is 0.164 e. The van der Waals surface area contributed by atoms with Crippen molar-refractivity contribution in [1.82, 2.24) is 20.1 Å². The van der Waals surface area contributed by atoms with Gasteiger partial charge in [-0.05, 0) is 32.2 Å². The molecular formula is C11H20N4O. The summed E-state index contributed by atoms with van der Waals surface area (Å²) in [5.74, 6) is 0.861. The Balaban J connectivity index is 1.51. The third-order valence-electron chi connectivity index (χ3n) is 2.83. The van der Waals surface area contributed by atoms with Crippen molar-refractivity contribution in [3.63, 3.8) is 0 Å². The molecule has 1 aliphatic heterocycles. The van der Waals surface area contributed by atoms with Crippen molar-refractivity contribution in [2.75, 3.05) is 13.2 Å². The smallest absolute Gasteiger partial charge is 0.164 e. The lowest BCUT2D eigenvalue weighted by Crippen LogP contribution is -2.17. The minimum Gasteiger partial charge on any atom is -0.378 e. The predicted molar refractivity (Wildman–Crippen MR) is 60.9 cm³/mol. The van der Waals surface area contributed by atoms with E-state index in [1.165, 1.54) is 19.3 Å². The highest BCUT2D eigenvalue weighted by molar-refractivity contribution is 4.79. The predicted octanol–water partition coefficient (Wildman–Crippen LogP) is 0.864. The third-order valence-corrected chi connectivity index (χ3v) is 2.83. The molecular weight excluding hydrogens is 204 g/mol. The van der Waals surface area contributed by atoms with Crippen molar-refractivity contribution in [1.29, 1.82) is 0 Å². The van der Waals surface area contributed by atoms with Crippen LogP contribution in [0.5, 0.6) is 0 Å². The van der Waals surface area contributed by atoms with E-state index >= 15 is 0 Å². The monoisotopic (exact) mass is 224 g/mol. The van der Waals surface area contributed by atoms with Gasteiger partial charge in [-0.3, -0.25) is 4.68 Å². The highest BCUT2D eigenvalue weighted by atomic mass is 16.5. The lowest BCUT2D eigenvalue weighted by atomic mass is 10.1. The second kappa shape index (κ2) is 5.96. The SMILES string of the molecule is Cn1cnc(CNCCCC2CCCO2)n1.